The lowest BCUT2D eigenvalue weighted by Crippen LogP contribution is -1.88. The Hall–Kier alpha value is -0.430. The van der Waals surface area contributed by atoms with Crippen molar-refractivity contribution in [3.8, 4) is 11.8 Å². The summed E-state index contributed by atoms with van der Waals surface area (Å²) in [5.74, 6) is 6.26. The molecule has 86 valence electrons. The molecular formula is C12H20O2S. The molecule has 0 aromatic rings. The Morgan fingerprint density at radius 1 is 1.27 bits per heavy atom. The molecule has 0 aliphatic rings. The molecule has 0 fully saturated rings. The number of hydrogen-bond donors (Lipinski definition) is 2. The molecule has 0 aliphatic heterocycles. The summed E-state index contributed by atoms with van der Waals surface area (Å²) in [7, 11) is 0. The lowest BCUT2D eigenvalue weighted by Gasteiger charge is -2.01. The van der Waals surface area contributed by atoms with Crippen LogP contribution in [-0.4, -0.2) is 29.2 Å². The minimum absolute atomic E-state index is 0.0402. The van der Waals surface area contributed by atoms with Crippen molar-refractivity contribution in [1.29, 1.82) is 0 Å². The van der Waals surface area contributed by atoms with Gasteiger partial charge in [0.2, 0.25) is 0 Å². The van der Waals surface area contributed by atoms with Crippen molar-refractivity contribution in [3.05, 3.63) is 11.0 Å². The smallest absolute Gasteiger partial charge is 0.104 e. The number of thioether (sulfide) groups is 1. The molecule has 0 radical (unpaired) electrons. The first kappa shape index (κ1) is 14.6. The molecule has 0 aromatic heterocycles. The second-order valence-electron chi connectivity index (χ2n) is 3.16. The Bertz CT molecular complexity index is 226. The molecule has 0 unspecified atom stereocenters. The molecule has 0 aromatic carbocycles. The van der Waals surface area contributed by atoms with Crippen LogP contribution < -0.4 is 0 Å². The molecule has 0 rings (SSSR count). The van der Waals surface area contributed by atoms with E-state index in [4.69, 9.17) is 10.2 Å². The summed E-state index contributed by atoms with van der Waals surface area (Å²) in [5, 5.41) is 17.5. The third-order valence-electron chi connectivity index (χ3n) is 1.86. The van der Waals surface area contributed by atoms with Crippen molar-refractivity contribution in [3.63, 3.8) is 0 Å². The van der Waals surface area contributed by atoms with Crippen LogP contribution in [0.4, 0.5) is 0 Å². The third-order valence-corrected chi connectivity index (χ3v) is 2.97. The molecule has 0 saturated heterocycles. The van der Waals surface area contributed by atoms with Crippen LogP contribution in [0.15, 0.2) is 11.0 Å². The fourth-order valence-electron chi connectivity index (χ4n) is 1.04. The highest BCUT2D eigenvalue weighted by Crippen LogP contribution is 2.16. The average Bonchev–Trinajstić information content (AvgIpc) is 2.26. The summed E-state index contributed by atoms with van der Waals surface area (Å²) >= 11 is 1.65. The van der Waals surface area contributed by atoms with Gasteiger partial charge in [-0.2, -0.15) is 0 Å². The summed E-state index contributed by atoms with van der Waals surface area (Å²) < 4.78 is 0. The summed E-state index contributed by atoms with van der Waals surface area (Å²) in [6, 6.07) is 0. The number of unbranched alkanes of at least 4 members (excludes halogenated alkanes) is 3. The number of aliphatic hydroxyl groups is 2. The largest absolute Gasteiger partial charge is 0.391 e. The van der Waals surface area contributed by atoms with Gasteiger partial charge in [-0.15, -0.1) is 11.8 Å². The van der Waals surface area contributed by atoms with Gasteiger partial charge in [-0.3, -0.25) is 0 Å². The van der Waals surface area contributed by atoms with Gasteiger partial charge in [-0.25, -0.2) is 0 Å². The van der Waals surface area contributed by atoms with E-state index in [-0.39, 0.29) is 13.2 Å². The molecule has 15 heavy (non-hydrogen) atoms. The van der Waals surface area contributed by atoms with Gasteiger partial charge < -0.3 is 10.2 Å². The van der Waals surface area contributed by atoms with Gasteiger partial charge >= 0.3 is 0 Å². The van der Waals surface area contributed by atoms with Gasteiger partial charge in [-0.05, 0) is 12.2 Å². The standard InChI is InChI=1S/C12H20O2S/c1-2-3-4-7-10-15-12(11-14)8-5-6-9-13/h8,13-14H,2-4,7,9-11H2,1H3. The van der Waals surface area contributed by atoms with E-state index >= 15 is 0 Å². The normalized spacial score (nSPS) is 11.0. The van der Waals surface area contributed by atoms with Crippen molar-refractivity contribution < 1.29 is 10.2 Å². The lowest BCUT2D eigenvalue weighted by atomic mass is 10.2. The number of aliphatic hydroxyl groups excluding tert-OH is 2. The zero-order valence-corrected chi connectivity index (χ0v) is 10.1. The van der Waals surface area contributed by atoms with E-state index in [1.807, 2.05) is 0 Å². The Kier molecular flexibility index (Phi) is 11.3. The van der Waals surface area contributed by atoms with Gasteiger partial charge in [0.15, 0.2) is 0 Å². The zero-order valence-electron chi connectivity index (χ0n) is 9.33. The van der Waals surface area contributed by atoms with Crippen molar-refractivity contribution in [2.24, 2.45) is 0 Å². The highest BCUT2D eigenvalue weighted by molar-refractivity contribution is 8.03. The van der Waals surface area contributed by atoms with E-state index in [1.54, 1.807) is 17.8 Å². The van der Waals surface area contributed by atoms with E-state index in [9.17, 15) is 0 Å². The summed E-state index contributed by atoms with van der Waals surface area (Å²) in [6.45, 7) is 2.10. The Balaban J connectivity index is 3.65. The molecule has 3 heteroatoms. The molecule has 0 atom stereocenters. The molecule has 2 nitrogen and oxygen atoms in total. The molecule has 0 amide bonds. The van der Waals surface area contributed by atoms with Gasteiger partial charge in [-0.1, -0.05) is 38.0 Å². The van der Waals surface area contributed by atoms with Gasteiger partial charge in [0.05, 0.1) is 6.61 Å². The van der Waals surface area contributed by atoms with Crippen LogP contribution in [0.2, 0.25) is 0 Å². The molecule has 0 bridgehead atoms. The maximum Gasteiger partial charge on any atom is 0.104 e. The molecule has 0 spiro atoms. The Morgan fingerprint density at radius 3 is 2.67 bits per heavy atom. The summed E-state index contributed by atoms with van der Waals surface area (Å²) in [4.78, 5) is 0.882. The summed E-state index contributed by atoms with van der Waals surface area (Å²) in [5.41, 5.74) is 0. The second-order valence-corrected chi connectivity index (χ2v) is 4.38. The first-order valence-electron chi connectivity index (χ1n) is 5.37. The molecule has 0 aliphatic carbocycles. The Morgan fingerprint density at radius 2 is 2.07 bits per heavy atom. The van der Waals surface area contributed by atoms with Gasteiger partial charge in [0.25, 0.3) is 0 Å². The van der Waals surface area contributed by atoms with Crippen LogP contribution in [-0.2, 0) is 0 Å². The predicted octanol–water partition coefficient (Wildman–Crippen LogP) is 2.17. The Labute approximate surface area is 96.8 Å². The number of allylic oxidation sites excluding steroid dienone is 1. The van der Waals surface area contributed by atoms with Crippen LogP contribution in [0.1, 0.15) is 32.6 Å². The summed E-state index contributed by atoms with van der Waals surface area (Å²) in [6.07, 6.45) is 6.65. The SMILES string of the molecule is CCCCCCSC(=CC#CCO)CO. The second kappa shape index (κ2) is 11.6. The van der Waals surface area contributed by atoms with E-state index in [0.717, 1.165) is 10.7 Å². The zero-order chi connectivity index (χ0) is 11.4. The number of rotatable bonds is 7. The van der Waals surface area contributed by atoms with Crippen molar-refractivity contribution in [1.82, 2.24) is 0 Å². The van der Waals surface area contributed by atoms with Crippen LogP contribution >= 0.6 is 11.8 Å². The maximum absolute atomic E-state index is 9.01. The van der Waals surface area contributed by atoms with Crippen LogP contribution in [0, 0.1) is 11.8 Å². The molecular weight excluding hydrogens is 208 g/mol. The van der Waals surface area contributed by atoms with Gasteiger partial charge in [0, 0.05) is 11.0 Å². The molecule has 0 heterocycles. The fourth-order valence-corrected chi connectivity index (χ4v) is 1.89. The lowest BCUT2D eigenvalue weighted by molar-refractivity contribution is 0.339. The fraction of sp³-hybridized carbons (Fsp3) is 0.667. The van der Waals surface area contributed by atoms with Crippen molar-refractivity contribution in [2.45, 2.75) is 32.6 Å². The number of hydrogen-bond acceptors (Lipinski definition) is 3. The van der Waals surface area contributed by atoms with E-state index < -0.39 is 0 Å². The van der Waals surface area contributed by atoms with Crippen molar-refractivity contribution in [2.75, 3.05) is 19.0 Å². The van der Waals surface area contributed by atoms with E-state index in [1.165, 1.54) is 25.7 Å². The highest BCUT2D eigenvalue weighted by Gasteiger charge is 1.95. The maximum atomic E-state index is 9.01. The van der Waals surface area contributed by atoms with E-state index in [0.29, 0.717) is 0 Å². The minimum atomic E-state index is -0.129. The van der Waals surface area contributed by atoms with Crippen LogP contribution in [0.3, 0.4) is 0 Å². The molecule has 2 N–H and O–H groups in total. The average molecular weight is 228 g/mol. The molecule has 0 saturated carbocycles. The monoisotopic (exact) mass is 228 g/mol. The highest BCUT2D eigenvalue weighted by atomic mass is 32.2. The predicted molar refractivity (Wildman–Crippen MR) is 66.6 cm³/mol. The first-order chi connectivity index (χ1) is 7.35. The first-order valence-corrected chi connectivity index (χ1v) is 6.35. The van der Waals surface area contributed by atoms with Gasteiger partial charge in [0.1, 0.15) is 6.61 Å². The van der Waals surface area contributed by atoms with Crippen LogP contribution in [0.5, 0.6) is 0 Å². The minimum Gasteiger partial charge on any atom is -0.391 e. The third kappa shape index (κ3) is 9.86. The quantitative estimate of drug-likeness (QED) is 0.518. The van der Waals surface area contributed by atoms with Crippen molar-refractivity contribution >= 4 is 11.8 Å². The van der Waals surface area contributed by atoms with E-state index in [2.05, 4.69) is 18.8 Å². The topological polar surface area (TPSA) is 40.5 Å². The van der Waals surface area contributed by atoms with Crippen LogP contribution in [0.25, 0.3) is 0 Å².